The van der Waals surface area contributed by atoms with Crippen LogP contribution in [-0.4, -0.2) is 50.2 Å². The molecule has 0 saturated heterocycles. The lowest BCUT2D eigenvalue weighted by atomic mass is 10.1. The normalized spacial score (nSPS) is 10.1. The molecule has 2 aromatic rings. The number of carbonyl (C=O) groups is 2. The van der Waals surface area contributed by atoms with E-state index in [1.54, 1.807) is 34.2 Å². The summed E-state index contributed by atoms with van der Waals surface area (Å²) in [4.78, 5) is 26.5. The molecule has 0 fully saturated rings. The second-order valence-corrected chi connectivity index (χ2v) is 7.16. The van der Waals surface area contributed by atoms with Crippen LogP contribution >= 0.6 is 23.6 Å². The van der Waals surface area contributed by atoms with E-state index in [1.807, 2.05) is 18.2 Å². The zero-order valence-electron chi connectivity index (χ0n) is 15.7. The Kier molecular flexibility index (Phi) is 6.75. The van der Waals surface area contributed by atoms with E-state index in [0.717, 1.165) is 11.3 Å². The molecule has 0 bridgehead atoms. The molecule has 1 heterocycles. The molecule has 0 unspecified atom stereocenters. The number of anilines is 2. The van der Waals surface area contributed by atoms with Crippen LogP contribution in [0, 0.1) is 6.92 Å². The molecule has 2 rings (SSSR count). The summed E-state index contributed by atoms with van der Waals surface area (Å²) in [7, 11) is 6.16. The van der Waals surface area contributed by atoms with E-state index in [-0.39, 0.29) is 16.6 Å². The fourth-order valence-electron chi connectivity index (χ4n) is 2.36. The Bertz CT molecular complexity index is 877. The molecule has 0 aliphatic heterocycles. The number of carbonyl (C=O) groups excluding carboxylic acids is 2. The van der Waals surface area contributed by atoms with E-state index < -0.39 is 5.97 Å². The van der Waals surface area contributed by atoms with E-state index in [2.05, 4.69) is 10.6 Å². The van der Waals surface area contributed by atoms with Crippen molar-refractivity contribution in [2.75, 3.05) is 38.9 Å². The van der Waals surface area contributed by atoms with Crippen LogP contribution in [0.4, 0.5) is 10.7 Å². The summed E-state index contributed by atoms with van der Waals surface area (Å²) in [6.45, 7) is 1.71. The lowest BCUT2D eigenvalue weighted by Crippen LogP contribution is -2.21. The molecule has 1 amide bonds. The lowest BCUT2D eigenvalue weighted by Gasteiger charge is -2.13. The Morgan fingerprint density at radius 3 is 2.41 bits per heavy atom. The van der Waals surface area contributed by atoms with Gasteiger partial charge in [-0.3, -0.25) is 4.79 Å². The van der Waals surface area contributed by atoms with Crippen LogP contribution in [0.1, 0.15) is 25.6 Å². The maximum Gasteiger partial charge on any atom is 0.341 e. The molecule has 0 saturated carbocycles. The molecule has 9 heteroatoms. The molecule has 0 spiro atoms. The first-order valence-electron chi connectivity index (χ1n) is 7.94. The maximum atomic E-state index is 12.4. The minimum Gasteiger partial charge on any atom is -0.495 e. The highest BCUT2D eigenvalue weighted by Crippen LogP contribution is 2.34. The van der Waals surface area contributed by atoms with Gasteiger partial charge in [0.2, 0.25) is 0 Å². The number of methoxy groups -OCH3 is 2. The fraction of sp³-hybridized carbons (Fsp3) is 0.278. The first-order valence-corrected chi connectivity index (χ1v) is 9.17. The van der Waals surface area contributed by atoms with E-state index in [4.69, 9.17) is 21.7 Å². The molecular formula is C18H21N3O4S2. The number of thiophene rings is 1. The highest BCUT2D eigenvalue weighted by molar-refractivity contribution is 7.80. The van der Waals surface area contributed by atoms with Crippen molar-refractivity contribution in [3.05, 3.63) is 40.3 Å². The van der Waals surface area contributed by atoms with Gasteiger partial charge >= 0.3 is 5.97 Å². The van der Waals surface area contributed by atoms with Crippen LogP contribution in [0.15, 0.2) is 24.3 Å². The van der Waals surface area contributed by atoms with Crippen molar-refractivity contribution < 1.29 is 19.1 Å². The van der Waals surface area contributed by atoms with E-state index in [9.17, 15) is 9.59 Å². The zero-order chi connectivity index (χ0) is 20.1. The van der Waals surface area contributed by atoms with Gasteiger partial charge in [0.15, 0.2) is 5.11 Å². The van der Waals surface area contributed by atoms with Crippen molar-refractivity contribution in [1.82, 2.24) is 4.90 Å². The van der Waals surface area contributed by atoms with Gasteiger partial charge in [0.25, 0.3) is 5.91 Å². The van der Waals surface area contributed by atoms with Crippen LogP contribution in [0.25, 0.3) is 0 Å². The van der Waals surface area contributed by atoms with Crippen LogP contribution < -0.4 is 15.4 Å². The number of hydrogen-bond acceptors (Lipinski definition) is 6. The van der Waals surface area contributed by atoms with E-state index >= 15 is 0 Å². The Balaban J connectivity index is 2.34. The number of para-hydroxylation sites is 2. The van der Waals surface area contributed by atoms with Crippen LogP contribution in [0.5, 0.6) is 5.75 Å². The van der Waals surface area contributed by atoms with Gasteiger partial charge in [-0.2, -0.15) is 0 Å². The number of esters is 1. The molecule has 27 heavy (non-hydrogen) atoms. The summed E-state index contributed by atoms with van der Waals surface area (Å²) in [5, 5.41) is 6.72. The van der Waals surface area contributed by atoms with Gasteiger partial charge in [0, 0.05) is 14.1 Å². The van der Waals surface area contributed by atoms with E-state index in [0.29, 0.717) is 26.9 Å². The van der Waals surface area contributed by atoms with Crippen LogP contribution in [0.3, 0.4) is 0 Å². The largest absolute Gasteiger partial charge is 0.495 e. The van der Waals surface area contributed by atoms with Crippen molar-refractivity contribution in [1.29, 1.82) is 0 Å². The number of nitrogens with zero attached hydrogens (tertiary/aromatic N) is 1. The second kappa shape index (κ2) is 8.83. The molecular weight excluding hydrogens is 386 g/mol. The van der Waals surface area contributed by atoms with Crippen molar-refractivity contribution in [2.45, 2.75) is 6.92 Å². The number of nitrogens with one attached hydrogen (secondary N) is 2. The summed E-state index contributed by atoms with van der Waals surface area (Å²) >= 11 is 6.51. The monoisotopic (exact) mass is 407 g/mol. The predicted octanol–water partition coefficient (Wildman–Crippen LogP) is 3.36. The molecule has 7 nitrogen and oxygen atoms in total. The average molecular weight is 408 g/mol. The SMILES string of the molecule is COC(=O)c1c(NC(=S)Nc2ccccc2OC)sc(C(=O)N(C)C)c1C. The Morgan fingerprint density at radius 2 is 1.81 bits per heavy atom. The molecule has 0 aliphatic rings. The fourth-order valence-corrected chi connectivity index (χ4v) is 3.86. The molecule has 0 atom stereocenters. The van der Waals surface area contributed by atoms with Gasteiger partial charge in [-0.15, -0.1) is 11.3 Å². The quantitative estimate of drug-likeness (QED) is 0.581. The average Bonchev–Trinajstić information content (AvgIpc) is 2.96. The number of thiocarbonyl (C=S) groups is 1. The number of rotatable bonds is 5. The molecule has 144 valence electrons. The predicted molar refractivity (Wildman–Crippen MR) is 111 cm³/mol. The third-order valence-corrected chi connectivity index (χ3v) is 5.12. The highest BCUT2D eigenvalue weighted by Gasteiger charge is 2.26. The van der Waals surface area contributed by atoms with Crippen molar-refractivity contribution in [3.8, 4) is 5.75 Å². The third kappa shape index (κ3) is 4.55. The minimum atomic E-state index is -0.538. The van der Waals surface area contributed by atoms with Gasteiger partial charge in [-0.25, -0.2) is 4.79 Å². The summed E-state index contributed by atoms with van der Waals surface area (Å²) in [6.07, 6.45) is 0. The molecule has 0 aliphatic carbocycles. The Morgan fingerprint density at radius 1 is 1.15 bits per heavy atom. The van der Waals surface area contributed by atoms with Crippen LogP contribution in [-0.2, 0) is 4.74 Å². The standard InChI is InChI=1S/C18H21N3O4S2/c1-10-13(17(23)25-5)15(27-14(10)16(22)21(2)3)20-18(26)19-11-8-6-7-9-12(11)24-4/h6-9H,1-5H3,(H2,19,20,26). The van der Waals surface area contributed by atoms with Gasteiger partial charge in [-0.05, 0) is 36.8 Å². The second-order valence-electron chi connectivity index (χ2n) is 5.73. The Labute approximate surface area is 167 Å². The van der Waals surface area contributed by atoms with Gasteiger partial charge in [0.1, 0.15) is 10.8 Å². The summed E-state index contributed by atoms with van der Waals surface area (Å²) in [6, 6.07) is 7.30. The van der Waals surface area contributed by atoms with Gasteiger partial charge in [0.05, 0.1) is 30.3 Å². The first-order chi connectivity index (χ1) is 12.8. The third-order valence-electron chi connectivity index (χ3n) is 3.72. The van der Waals surface area contributed by atoms with Gasteiger partial charge in [-0.1, -0.05) is 12.1 Å². The summed E-state index contributed by atoms with van der Waals surface area (Å²) < 4.78 is 10.2. The number of ether oxygens (including phenoxy) is 2. The number of benzene rings is 1. The smallest absolute Gasteiger partial charge is 0.341 e. The van der Waals surface area contributed by atoms with Crippen molar-refractivity contribution >= 4 is 51.2 Å². The van der Waals surface area contributed by atoms with Gasteiger partial charge < -0.3 is 25.0 Å². The molecule has 1 aromatic carbocycles. The summed E-state index contributed by atoms with van der Waals surface area (Å²) in [5.74, 6) is -0.107. The van der Waals surface area contributed by atoms with Crippen molar-refractivity contribution in [2.24, 2.45) is 0 Å². The molecule has 2 N–H and O–H groups in total. The first kappa shape index (κ1) is 20.7. The summed E-state index contributed by atoms with van der Waals surface area (Å²) in [5.41, 5.74) is 1.51. The number of amides is 1. The highest BCUT2D eigenvalue weighted by atomic mass is 32.1. The van der Waals surface area contributed by atoms with E-state index in [1.165, 1.54) is 12.0 Å². The van der Waals surface area contributed by atoms with Crippen molar-refractivity contribution in [3.63, 3.8) is 0 Å². The molecule has 1 aromatic heterocycles. The lowest BCUT2D eigenvalue weighted by molar-refractivity contribution is 0.0601. The topological polar surface area (TPSA) is 79.9 Å². The molecule has 0 radical (unpaired) electrons. The van der Waals surface area contributed by atoms with Crippen LogP contribution in [0.2, 0.25) is 0 Å². The Hall–Kier alpha value is -2.65. The minimum absolute atomic E-state index is 0.195. The maximum absolute atomic E-state index is 12.4. The zero-order valence-corrected chi connectivity index (χ0v) is 17.3. The number of hydrogen-bond donors (Lipinski definition) is 2.